The summed E-state index contributed by atoms with van der Waals surface area (Å²) >= 11 is 0. The molecule has 3 aromatic rings. The topological polar surface area (TPSA) is 93.1 Å². The molecule has 11 heteroatoms. The summed E-state index contributed by atoms with van der Waals surface area (Å²) in [5.41, 5.74) is 1.99. The average Bonchev–Trinajstić information content (AvgIpc) is 3.09. The Morgan fingerprint density at radius 1 is 1.07 bits per heavy atom. The number of sulfonamides is 1. The number of benzene rings is 2. The van der Waals surface area contributed by atoms with E-state index in [1.54, 1.807) is 11.6 Å². The second kappa shape index (κ2) is 8.28. The number of hydrogen-bond donors (Lipinski definition) is 2. The highest BCUT2D eigenvalue weighted by Crippen LogP contribution is 2.19. The Morgan fingerprint density at radius 3 is 2.30 bits per heavy atom. The highest BCUT2D eigenvalue weighted by molar-refractivity contribution is 7.89. The van der Waals surface area contributed by atoms with Gasteiger partial charge in [-0.3, -0.25) is 4.79 Å². The number of para-hydroxylation sites is 1. The summed E-state index contributed by atoms with van der Waals surface area (Å²) in [5.74, 6) is -0.458. The van der Waals surface area contributed by atoms with Gasteiger partial charge in [-0.25, -0.2) is 17.8 Å². The van der Waals surface area contributed by atoms with E-state index in [-0.39, 0.29) is 10.6 Å². The lowest BCUT2D eigenvalue weighted by molar-refractivity contribution is -0.121. The molecule has 2 N–H and O–H groups in total. The van der Waals surface area contributed by atoms with Gasteiger partial charge in [0.15, 0.2) is 0 Å². The molecule has 0 aliphatic rings. The van der Waals surface area contributed by atoms with Gasteiger partial charge in [-0.15, -0.1) is 0 Å². The van der Waals surface area contributed by atoms with Crippen molar-refractivity contribution in [3.8, 4) is 5.69 Å². The van der Waals surface area contributed by atoms with Crippen LogP contribution in [0.5, 0.6) is 0 Å². The fraction of sp³-hybridized carbons (Fsp3) is 0.158. The normalized spacial score (nSPS) is 12.0. The van der Waals surface area contributed by atoms with Crippen LogP contribution in [0.4, 0.5) is 18.9 Å². The molecular formula is C19H17F3N4O3S. The minimum atomic E-state index is -4.66. The van der Waals surface area contributed by atoms with Crippen LogP contribution in [-0.4, -0.2) is 36.8 Å². The highest BCUT2D eigenvalue weighted by Gasteiger charge is 2.30. The zero-order chi connectivity index (χ0) is 21.9. The highest BCUT2D eigenvalue weighted by atomic mass is 32.2. The molecule has 0 saturated carbocycles. The molecule has 0 fully saturated rings. The summed E-state index contributed by atoms with van der Waals surface area (Å²) in [6.45, 7) is 0.0649. The summed E-state index contributed by atoms with van der Waals surface area (Å²) in [6, 6.07) is 14.0. The third kappa shape index (κ3) is 5.05. The molecule has 2 aromatic carbocycles. The predicted octanol–water partition coefficient (Wildman–Crippen LogP) is 3.27. The number of alkyl halides is 3. The smallest absolute Gasteiger partial charge is 0.322 e. The SMILES string of the molecule is Cc1c(C(=O)Nc2ccc(S(=O)(=O)NCC(F)(F)F)cc2)cnn1-c1ccccc1. The maximum absolute atomic E-state index is 12.6. The molecule has 30 heavy (non-hydrogen) atoms. The van der Waals surface area contributed by atoms with Crippen molar-refractivity contribution in [1.29, 1.82) is 0 Å². The molecule has 0 radical (unpaired) electrons. The quantitative estimate of drug-likeness (QED) is 0.618. The molecule has 1 amide bonds. The van der Waals surface area contributed by atoms with E-state index in [0.717, 1.165) is 17.8 Å². The second-order valence-electron chi connectivity index (χ2n) is 6.31. The lowest BCUT2D eigenvalue weighted by atomic mass is 10.2. The van der Waals surface area contributed by atoms with Crippen LogP contribution < -0.4 is 10.0 Å². The maximum atomic E-state index is 12.6. The molecule has 0 aliphatic carbocycles. The summed E-state index contributed by atoms with van der Waals surface area (Å²) in [5, 5.41) is 6.82. The predicted molar refractivity (Wildman–Crippen MR) is 104 cm³/mol. The van der Waals surface area contributed by atoms with Crippen LogP contribution in [0.15, 0.2) is 65.7 Å². The number of amides is 1. The average molecular weight is 438 g/mol. The van der Waals surface area contributed by atoms with E-state index in [1.807, 2.05) is 30.3 Å². The van der Waals surface area contributed by atoms with Gasteiger partial charge in [0.05, 0.1) is 28.0 Å². The van der Waals surface area contributed by atoms with E-state index in [9.17, 15) is 26.4 Å². The van der Waals surface area contributed by atoms with Gasteiger partial charge in [0.25, 0.3) is 5.91 Å². The van der Waals surface area contributed by atoms with Crippen LogP contribution in [0.2, 0.25) is 0 Å². The number of rotatable bonds is 6. The fourth-order valence-corrected chi connectivity index (χ4v) is 3.65. The van der Waals surface area contributed by atoms with Crippen LogP contribution in [-0.2, 0) is 10.0 Å². The minimum Gasteiger partial charge on any atom is -0.322 e. The largest absolute Gasteiger partial charge is 0.402 e. The third-order valence-corrected chi connectivity index (χ3v) is 5.56. The number of nitrogens with one attached hydrogen (secondary N) is 2. The number of anilines is 1. The van der Waals surface area contributed by atoms with E-state index in [1.165, 1.54) is 23.1 Å². The van der Waals surface area contributed by atoms with Crippen LogP contribution in [0.1, 0.15) is 16.1 Å². The first-order valence-corrected chi connectivity index (χ1v) is 10.1. The monoisotopic (exact) mass is 438 g/mol. The summed E-state index contributed by atoms with van der Waals surface area (Å²) < 4.78 is 63.6. The van der Waals surface area contributed by atoms with E-state index in [0.29, 0.717) is 11.3 Å². The Hall–Kier alpha value is -3.18. The van der Waals surface area contributed by atoms with Crippen molar-refractivity contribution in [2.24, 2.45) is 0 Å². The summed E-state index contributed by atoms with van der Waals surface area (Å²) in [6.07, 6.45) is -3.25. The molecule has 0 bridgehead atoms. The van der Waals surface area contributed by atoms with Gasteiger partial charge in [-0.2, -0.15) is 18.3 Å². The second-order valence-corrected chi connectivity index (χ2v) is 8.08. The standard InChI is InChI=1S/C19H17F3N4O3S/c1-13-17(11-23-26(13)15-5-3-2-4-6-15)18(27)25-14-7-9-16(10-8-14)30(28,29)24-12-19(20,21)22/h2-11,24H,12H2,1H3,(H,25,27). The van der Waals surface area contributed by atoms with E-state index < -0.39 is 28.7 Å². The van der Waals surface area contributed by atoms with Crippen LogP contribution in [0.3, 0.4) is 0 Å². The van der Waals surface area contributed by atoms with Gasteiger partial charge >= 0.3 is 6.18 Å². The first-order valence-electron chi connectivity index (χ1n) is 8.65. The summed E-state index contributed by atoms with van der Waals surface area (Å²) in [7, 11) is -4.32. The van der Waals surface area contributed by atoms with E-state index in [2.05, 4.69) is 10.4 Å². The van der Waals surface area contributed by atoms with Gasteiger partial charge < -0.3 is 5.32 Å². The Labute approximate surface area is 170 Å². The lowest BCUT2D eigenvalue weighted by Gasteiger charge is -2.10. The Balaban J connectivity index is 1.72. The molecular weight excluding hydrogens is 421 g/mol. The zero-order valence-electron chi connectivity index (χ0n) is 15.6. The maximum Gasteiger partial charge on any atom is 0.402 e. The molecule has 0 aliphatic heterocycles. The van der Waals surface area contributed by atoms with Crippen molar-refractivity contribution in [2.75, 3.05) is 11.9 Å². The molecule has 0 unspecified atom stereocenters. The lowest BCUT2D eigenvalue weighted by Crippen LogP contribution is -2.33. The van der Waals surface area contributed by atoms with Crippen molar-refractivity contribution >= 4 is 21.6 Å². The van der Waals surface area contributed by atoms with Crippen molar-refractivity contribution in [3.63, 3.8) is 0 Å². The summed E-state index contributed by atoms with van der Waals surface area (Å²) in [4.78, 5) is 12.2. The number of aromatic nitrogens is 2. The number of carbonyl (C=O) groups is 1. The Bertz CT molecular complexity index is 1140. The molecule has 0 spiro atoms. The van der Waals surface area contributed by atoms with Gasteiger partial charge in [-0.05, 0) is 43.3 Å². The molecule has 0 saturated heterocycles. The number of nitrogens with zero attached hydrogens (tertiary/aromatic N) is 2. The fourth-order valence-electron chi connectivity index (χ4n) is 2.64. The van der Waals surface area contributed by atoms with Crippen molar-refractivity contribution in [1.82, 2.24) is 14.5 Å². The van der Waals surface area contributed by atoms with Crippen molar-refractivity contribution in [3.05, 3.63) is 72.1 Å². The first kappa shape index (κ1) is 21.5. The Morgan fingerprint density at radius 2 is 1.70 bits per heavy atom. The van der Waals surface area contributed by atoms with Crippen molar-refractivity contribution < 1.29 is 26.4 Å². The van der Waals surface area contributed by atoms with Crippen LogP contribution >= 0.6 is 0 Å². The number of carbonyl (C=O) groups excluding carboxylic acids is 1. The third-order valence-electron chi connectivity index (χ3n) is 4.14. The first-order chi connectivity index (χ1) is 14.1. The zero-order valence-corrected chi connectivity index (χ0v) is 16.5. The van der Waals surface area contributed by atoms with Crippen LogP contribution in [0, 0.1) is 6.92 Å². The molecule has 3 rings (SSSR count). The number of hydrogen-bond acceptors (Lipinski definition) is 4. The van der Waals surface area contributed by atoms with Gasteiger partial charge in [0.2, 0.25) is 10.0 Å². The van der Waals surface area contributed by atoms with E-state index >= 15 is 0 Å². The van der Waals surface area contributed by atoms with Crippen LogP contribution in [0.25, 0.3) is 5.69 Å². The molecule has 0 atom stereocenters. The van der Waals surface area contributed by atoms with Gasteiger partial charge in [0, 0.05) is 5.69 Å². The minimum absolute atomic E-state index is 0.279. The molecule has 1 aromatic heterocycles. The van der Waals surface area contributed by atoms with Gasteiger partial charge in [-0.1, -0.05) is 18.2 Å². The molecule has 158 valence electrons. The van der Waals surface area contributed by atoms with E-state index in [4.69, 9.17) is 0 Å². The molecule has 1 heterocycles. The Kier molecular flexibility index (Phi) is 5.94. The molecule has 7 nitrogen and oxygen atoms in total. The van der Waals surface area contributed by atoms with Crippen molar-refractivity contribution in [2.45, 2.75) is 18.0 Å². The number of halogens is 3. The van der Waals surface area contributed by atoms with Gasteiger partial charge in [0.1, 0.15) is 6.54 Å².